The monoisotopic (exact) mass is 133 g/mol. The van der Waals surface area contributed by atoms with Crippen LogP contribution in [-0.2, 0) is 0 Å². The molecule has 3 heteroatoms. The fourth-order valence-electron chi connectivity index (χ4n) is 0.904. The summed E-state index contributed by atoms with van der Waals surface area (Å²) in [7, 11) is 0. The van der Waals surface area contributed by atoms with Crippen LogP contribution in [-0.4, -0.2) is 6.34 Å². The molecule has 2 N–H and O–H groups in total. The Morgan fingerprint density at radius 1 is 1.40 bits per heavy atom. The number of hydrogen-bond acceptors (Lipinski definition) is 3. The molecule has 0 aromatic heterocycles. The molecule has 0 aromatic rings. The summed E-state index contributed by atoms with van der Waals surface area (Å²) in [4.78, 5) is 3.94. The largest absolute Gasteiger partial charge is 0.366 e. The molecule has 2 aliphatic rings. The molecule has 0 fully saturated rings. The van der Waals surface area contributed by atoms with Gasteiger partial charge in [-0.15, -0.1) is 0 Å². The van der Waals surface area contributed by atoms with Crippen LogP contribution < -0.4 is 10.6 Å². The van der Waals surface area contributed by atoms with Crippen molar-refractivity contribution in [2.45, 2.75) is 0 Å². The van der Waals surface area contributed by atoms with Gasteiger partial charge in [0.15, 0.2) is 0 Å². The van der Waals surface area contributed by atoms with Crippen molar-refractivity contribution in [1.82, 2.24) is 10.6 Å². The minimum Gasteiger partial charge on any atom is -0.366 e. The lowest BCUT2D eigenvalue weighted by atomic mass is 10.2. The molecule has 0 atom stereocenters. The highest BCUT2D eigenvalue weighted by atomic mass is 15.0. The van der Waals surface area contributed by atoms with Gasteiger partial charge in [0.1, 0.15) is 0 Å². The second kappa shape index (κ2) is 2.02. The second-order valence-electron chi connectivity index (χ2n) is 2.06. The van der Waals surface area contributed by atoms with E-state index in [2.05, 4.69) is 15.6 Å². The number of hydrogen-bond donors (Lipinski definition) is 2. The van der Waals surface area contributed by atoms with Crippen molar-refractivity contribution in [1.29, 1.82) is 0 Å². The third kappa shape index (κ3) is 0.719. The highest BCUT2D eigenvalue weighted by Gasteiger charge is 2.05. The van der Waals surface area contributed by atoms with Crippen LogP contribution in [0.5, 0.6) is 0 Å². The standard InChI is InChI=1S/C7H7N3/c1-2-8-4-7-6(1)3-9-5-10-7/h1-5,8H,(H,9,10). The maximum Gasteiger partial charge on any atom is 0.0923 e. The molecule has 0 amide bonds. The summed E-state index contributed by atoms with van der Waals surface area (Å²) >= 11 is 0. The molecule has 2 aliphatic heterocycles. The molecule has 50 valence electrons. The number of allylic oxidation sites excluding steroid dienone is 1. The van der Waals surface area contributed by atoms with Crippen LogP contribution in [0.2, 0.25) is 0 Å². The number of aliphatic imine (C=N–C) groups is 1. The third-order valence-electron chi connectivity index (χ3n) is 1.41. The fraction of sp³-hybridized carbons (Fsp3) is 0. The van der Waals surface area contributed by atoms with E-state index in [1.807, 2.05) is 24.7 Å². The molecule has 0 saturated heterocycles. The molecule has 0 bridgehead atoms. The normalized spacial score (nSPS) is 20.0. The highest BCUT2D eigenvalue weighted by molar-refractivity contribution is 5.65. The molecule has 2 rings (SSSR count). The quantitative estimate of drug-likeness (QED) is 0.503. The number of nitrogens with one attached hydrogen (secondary N) is 2. The molecular formula is C7H7N3. The predicted octanol–water partition coefficient (Wildman–Crippen LogP) is 0.460. The van der Waals surface area contributed by atoms with Crippen molar-refractivity contribution < 1.29 is 0 Å². The van der Waals surface area contributed by atoms with E-state index in [0.29, 0.717) is 0 Å². The lowest BCUT2D eigenvalue weighted by Crippen LogP contribution is -2.19. The Labute approximate surface area is 58.8 Å². The first-order valence-corrected chi connectivity index (χ1v) is 3.08. The molecule has 10 heavy (non-hydrogen) atoms. The lowest BCUT2D eigenvalue weighted by molar-refractivity contribution is 1.03. The number of dihydropyridines is 1. The molecule has 0 aliphatic carbocycles. The van der Waals surface area contributed by atoms with Crippen molar-refractivity contribution >= 4 is 6.34 Å². The maximum absolute atomic E-state index is 3.94. The molecular weight excluding hydrogens is 126 g/mol. The zero-order chi connectivity index (χ0) is 6.81. The van der Waals surface area contributed by atoms with Gasteiger partial charge in [-0.3, -0.25) is 0 Å². The van der Waals surface area contributed by atoms with E-state index in [9.17, 15) is 0 Å². The Kier molecular flexibility index (Phi) is 1.07. The summed E-state index contributed by atoms with van der Waals surface area (Å²) < 4.78 is 0. The Morgan fingerprint density at radius 2 is 2.40 bits per heavy atom. The minimum absolute atomic E-state index is 1.07. The molecule has 0 unspecified atom stereocenters. The second-order valence-corrected chi connectivity index (χ2v) is 2.06. The lowest BCUT2D eigenvalue weighted by Gasteiger charge is -2.14. The van der Waals surface area contributed by atoms with E-state index < -0.39 is 0 Å². The van der Waals surface area contributed by atoms with Gasteiger partial charge in [-0.25, -0.2) is 4.99 Å². The summed E-state index contributed by atoms with van der Waals surface area (Å²) in [5, 5.41) is 5.98. The Bertz CT molecular complexity index is 258. The van der Waals surface area contributed by atoms with Crippen molar-refractivity contribution in [3.05, 3.63) is 35.9 Å². The Hall–Kier alpha value is -1.51. The average molecular weight is 133 g/mol. The van der Waals surface area contributed by atoms with Crippen molar-refractivity contribution in [3.63, 3.8) is 0 Å². The third-order valence-corrected chi connectivity index (χ3v) is 1.41. The van der Waals surface area contributed by atoms with E-state index in [1.165, 1.54) is 0 Å². The number of rotatable bonds is 0. The highest BCUT2D eigenvalue weighted by Crippen LogP contribution is 2.12. The van der Waals surface area contributed by atoms with Crippen molar-refractivity contribution in [3.8, 4) is 0 Å². The minimum atomic E-state index is 1.07. The van der Waals surface area contributed by atoms with Crippen LogP contribution in [0.25, 0.3) is 0 Å². The first-order valence-electron chi connectivity index (χ1n) is 3.08. The molecule has 0 saturated carbocycles. The van der Waals surface area contributed by atoms with Crippen LogP contribution in [0.1, 0.15) is 0 Å². The van der Waals surface area contributed by atoms with Crippen molar-refractivity contribution in [2.75, 3.05) is 0 Å². The molecule has 0 aromatic carbocycles. The van der Waals surface area contributed by atoms with Crippen LogP contribution in [0.4, 0.5) is 0 Å². The van der Waals surface area contributed by atoms with Gasteiger partial charge in [-0.1, -0.05) is 0 Å². The summed E-state index contributed by atoms with van der Waals surface area (Å²) in [6, 6.07) is 0. The van der Waals surface area contributed by atoms with E-state index >= 15 is 0 Å². The summed E-state index contributed by atoms with van der Waals surface area (Å²) in [6.07, 6.45) is 9.23. The van der Waals surface area contributed by atoms with Crippen molar-refractivity contribution in [2.24, 2.45) is 4.99 Å². The van der Waals surface area contributed by atoms with Crippen LogP contribution in [0.15, 0.2) is 40.9 Å². The summed E-state index contributed by atoms with van der Waals surface area (Å²) in [6.45, 7) is 0. The van der Waals surface area contributed by atoms with Gasteiger partial charge in [0.2, 0.25) is 0 Å². The topological polar surface area (TPSA) is 36.4 Å². The first-order chi connectivity index (χ1) is 4.97. The molecule has 0 radical (unpaired) electrons. The molecule has 2 heterocycles. The first kappa shape index (κ1) is 5.29. The van der Waals surface area contributed by atoms with Gasteiger partial charge in [0.05, 0.1) is 12.0 Å². The van der Waals surface area contributed by atoms with Gasteiger partial charge in [-0.05, 0) is 6.08 Å². The van der Waals surface area contributed by atoms with Crippen LogP contribution in [0.3, 0.4) is 0 Å². The summed E-state index contributed by atoms with van der Waals surface area (Å²) in [5.74, 6) is 0. The number of nitrogens with zero attached hydrogens (tertiary/aromatic N) is 1. The zero-order valence-electron chi connectivity index (χ0n) is 5.33. The smallest absolute Gasteiger partial charge is 0.0923 e. The van der Waals surface area contributed by atoms with E-state index in [-0.39, 0.29) is 0 Å². The zero-order valence-corrected chi connectivity index (χ0v) is 5.33. The number of fused-ring (bicyclic) bond motifs is 1. The van der Waals surface area contributed by atoms with E-state index in [1.54, 1.807) is 6.34 Å². The van der Waals surface area contributed by atoms with Gasteiger partial charge < -0.3 is 10.6 Å². The predicted molar refractivity (Wildman–Crippen MR) is 40.1 cm³/mol. The van der Waals surface area contributed by atoms with E-state index in [4.69, 9.17) is 0 Å². The van der Waals surface area contributed by atoms with Gasteiger partial charge in [-0.2, -0.15) is 0 Å². The molecule has 0 spiro atoms. The maximum atomic E-state index is 3.94. The van der Waals surface area contributed by atoms with E-state index in [0.717, 1.165) is 11.3 Å². The van der Waals surface area contributed by atoms with Crippen LogP contribution in [0, 0.1) is 0 Å². The Balaban J connectivity index is 2.39. The summed E-state index contributed by atoms with van der Waals surface area (Å²) in [5.41, 5.74) is 2.18. The van der Waals surface area contributed by atoms with Gasteiger partial charge >= 0.3 is 0 Å². The SMILES string of the molecule is C1=CC2=CN=CNC2=CN1. The fourth-order valence-corrected chi connectivity index (χ4v) is 0.904. The average Bonchev–Trinajstić information content (AvgIpc) is 2.05. The van der Waals surface area contributed by atoms with Crippen LogP contribution >= 0.6 is 0 Å². The Morgan fingerprint density at radius 3 is 3.30 bits per heavy atom. The van der Waals surface area contributed by atoms with Gasteiger partial charge in [0, 0.05) is 24.2 Å². The molecule has 3 nitrogen and oxygen atoms in total. The van der Waals surface area contributed by atoms with Gasteiger partial charge in [0.25, 0.3) is 0 Å².